The molecule has 0 radical (unpaired) electrons. The van der Waals surface area contributed by atoms with Gasteiger partial charge in [-0.15, -0.1) is 0 Å². The normalized spacial score (nSPS) is 18.6. The summed E-state index contributed by atoms with van der Waals surface area (Å²) in [7, 11) is 0. The first-order valence-electron chi connectivity index (χ1n) is 4.90. The monoisotopic (exact) mass is 193 g/mol. The number of carbonyl (C=O) groups excluding carboxylic acids is 1. The van der Waals surface area contributed by atoms with Crippen LogP contribution in [0.4, 0.5) is 0 Å². The first-order valence-corrected chi connectivity index (χ1v) is 4.90. The second kappa shape index (κ2) is 3.46. The number of nitrogens with zero attached hydrogens (tertiary/aromatic N) is 1. The first kappa shape index (κ1) is 9.27. The van der Waals surface area contributed by atoms with Crippen molar-refractivity contribution in [3.05, 3.63) is 24.5 Å². The minimum Gasteiger partial charge on any atom is -0.325 e. The van der Waals surface area contributed by atoms with Crippen LogP contribution in [0.5, 0.6) is 0 Å². The molecular formula is C10H15N3O. The lowest BCUT2D eigenvalue weighted by Crippen LogP contribution is -2.49. The van der Waals surface area contributed by atoms with Gasteiger partial charge in [0.05, 0.1) is 0 Å². The molecule has 4 heteroatoms. The lowest BCUT2D eigenvalue weighted by molar-refractivity contribution is -0.118. The van der Waals surface area contributed by atoms with Crippen LogP contribution in [-0.4, -0.2) is 16.1 Å². The number of hydrogen-bond acceptors (Lipinski definition) is 2. The lowest BCUT2D eigenvalue weighted by atomic mass is 9.75. The highest BCUT2D eigenvalue weighted by molar-refractivity contribution is 5.84. The lowest BCUT2D eigenvalue weighted by Gasteiger charge is -2.37. The summed E-state index contributed by atoms with van der Waals surface area (Å²) in [5.41, 5.74) is 8.47. The van der Waals surface area contributed by atoms with Crippen molar-refractivity contribution in [1.29, 1.82) is 0 Å². The Morgan fingerprint density at radius 3 is 2.57 bits per heavy atom. The van der Waals surface area contributed by atoms with Gasteiger partial charge in [0.1, 0.15) is 0 Å². The van der Waals surface area contributed by atoms with Crippen molar-refractivity contribution in [1.82, 2.24) is 4.68 Å². The van der Waals surface area contributed by atoms with E-state index in [1.165, 1.54) is 0 Å². The summed E-state index contributed by atoms with van der Waals surface area (Å²) < 4.78 is 1.64. The van der Waals surface area contributed by atoms with Gasteiger partial charge in [0, 0.05) is 24.4 Å². The van der Waals surface area contributed by atoms with Gasteiger partial charge >= 0.3 is 0 Å². The molecule has 76 valence electrons. The summed E-state index contributed by atoms with van der Waals surface area (Å²) in [5, 5.41) is 0. The number of hydrogen-bond donors (Lipinski definition) is 2. The Morgan fingerprint density at radius 2 is 2.07 bits per heavy atom. The van der Waals surface area contributed by atoms with Crippen LogP contribution in [0.2, 0.25) is 0 Å². The van der Waals surface area contributed by atoms with Crippen LogP contribution < -0.4 is 11.2 Å². The number of nitrogens with one attached hydrogen (secondary N) is 1. The Kier molecular flexibility index (Phi) is 2.29. The number of carbonyl (C=O) groups is 1. The molecule has 0 atom stereocenters. The van der Waals surface area contributed by atoms with E-state index in [1.807, 2.05) is 12.1 Å². The Hall–Kier alpha value is -1.29. The fourth-order valence-corrected chi connectivity index (χ4v) is 1.72. The third kappa shape index (κ3) is 1.96. The van der Waals surface area contributed by atoms with E-state index >= 15 is 0 Å². The summed E-state index contributed by atoms with van der Waals surface area (Å²) in [6, 6.07) is 3.73. The number of aromatic nitrogens is 1. The predicted molar refractivity (Wildman–Crippen MR) is 54.2 cm³/mol. The molecule has 4 nitrogen and oxygen atoms in total. The fourth-order valence-electron chi connectivity index (χ4n) is 1.72. The molecule has 1 aromatic heterocycles. The maximum atomic E-state index is 11.5. The van der Waals surface area contributed by atoms with Crippen molar-refractivity contribution in [2.24, 2.45) is 5.73 Å². The topological polar surface area (TPSA) is 60.1 Å². The van der Waals surface area contributed by atoms with E-state index in [9.17, 15) is 4.79 Å². The van der Waals surface area contributed by atoms with Crippen molar-refractivity contribution < 1.29 is 4.79 Å². The SMILES string of the molecule is NC1(CC(=O)Nn2cccc2)CCC1. The van der Waals surface area contributed by atoms with Crippen molar-refractivity contribution in [2.75, 3.05) is 5.43 Å². The molecule has 1 aromatic rings. The molecule has 0 spiro atoms. The molecule has 1 heterocycles. The van der Waals surface area contributed by atoms with E-state index in [2.05, 4.69) is 5.43 Å². The average molecular weight is 193 g/mol. The van der Waals surface area contributed by atoms with Crippen molar-refractivity contribution in [2.45, 2.75) is 31.2 Å². The summed E-state index contributed by atoms with van der Waals surface area (Å²) in [5.74, 6) is -0.0107. The molecule has 1 saturated carbocycles. The maximum absolute atomic E-state index is 11.5. The Labute approximate surface area is 83.1 Å². The molecule has 14 heavy (non-hydrogen) atoms. The molecule has 1 aliphatic carbocycles. The molecule has 0 unspecified atom stereocenters. The Balaban J connectivity index is 1.84. The van der Waals surface area contributed by atoms with Crippen LogP contribution in [0.3, 0.4) is 0 Å². The molecule has 1 fully saturated rings. The zero-order chi connectivity index (χ0) is 10.0. The number of amides is 1. The fraction of sp³-hybridized carbons (Fsp3) is 0.500. The van der Waals surface area contributed by atoms with Gasteiger partial charge in [-0.1, -0.05) is 0 Å². The summed E-state index contributed by atoms with van der Waals surface area (Å²) >= 11 is 0. The van der Waals surface area contributed by atoms with Gasteiger partial charge in [0.2, 0.25) is 5.91 Å². The van der Waals surface area contributed by atoms with Gasteiger partial charge in [-0.25, -0.2) is 0 Å². The third-order valence-electron chi connectivity index (χ3n) is 2.72. The van der Waals surface area contributed by atoms with Crippen LogP contribution in [-0.2, 0) is 4.79 Å². The van der Waals surface area contributed by atoms with E-state index in [-0.39, 0.29) is 11.4 Å². The second-order valence-electron chi connectivity index (χ2n) is 4.02. The highest BCUT2D eigenvalue weighted by Gasteiger charge is 2.34. The maximum Gasteiger partial charge on any atom is 0.240 e. The number of rotatable bonds is 3. The predicted octanol–water partition coefficient (Wildman–Crippen LogP) is 0.830. The Bertz CT molecular complexity index is 314. The highest BCUT2D eigenvalue weighted by Crippen LogP contribution is 2.31. The van der Waals surface area contributed by atoms with E-state index in [0.29, 0.717) is 6.42 Å². The van der Waals surface area contributed by atoms with Crippen molar-refractivity contribution >= 4 is 5.91 Å². The highest BCUT2D eigenvalue weighted by atomic mass is 16.2. The van der Waals surface area contributed by atoms with Crippen molar-refractivity contribution in [3.8, 4) is 0 Å². The quantitative estimate of drug-likeness (QED) is 0.747. The van der Waals surface area contributed by atoms with E-state index in [4.69, 9.17) is 5.73 Å². The van der Waals surface area contributed by atoms with E-state index in [1.54, 1.807) is 17.1 Å². The van der Waals surface area contributed by atoms with E-state index in [0.717, 1.165) is 19.3 Å². The van der Waals surface area contributed by atoms with Crippen LogP contribution in [0.15, 0.2) is 24.5 Å². The van der Waals surface area contributed by atoms with Crippen LogP contribution in [0.1, 0.15) is 25.7 Å². The third-order valence-corrected chi connectivity index (χ3v) is 2.72. The minimum absolute atomic E-state index is 0.0107. The zero-order valence-electron chi connectivity index (χ0n) is 8.07. The van der Waals surface area contributed by atoms with Gasteiger partial charge in [0.25, 0.3) is 0 Å². The van der Waals surface area contributed by atoms with Crippen LogP contribution in [0.25, 0.3) is 0 Å². The molecular weight excluding hydrogens is 178 g/mol. The molecule has 0 saturated heterocycles. The van der Waals surface area contributed by atoms with Crippen LogP contribution in [0, 0.1) is 0 Å². The number of nitrogens with two attached hydrogens (primary N) is 1. The Morgan fingerprint density at radius 1 is 1.43 bits per heavy atom. The molecule has 0 aliphatic heterocycles. The van der Waals surface area contributed by atoms with E-state index < -0.39 is 0 Å². The molecule has 1 aliphatic rings. The van der Waals surface area contributed by atoms with Gasteiger partial charge in [0.15, 0.2) is 0 Å². The molecule has 2 rings (SSSR count). The second-order valence-corrected chi connectivity index (χ2v) is 4.02. The standard InChI is InChI=1S/C10H15N3O/c11-10(4-3-5-10)8-9(14)12-13-6-1-2-7-13/h1-2,6-7H,3-5,8,11H2,(H,12,14). The van der Waals surface area contributed by atoms with Gasteiger partial charge < -0.3 is 5.73 Å². The first-order chi connectivity index (χ1) is 6.68. The molecule has 0 bridgehead atoms. The summed E-state index contributed by atoms with van der Waals surface area (Å²) in [4.78, 5) is 11.5. The summed E-state index contributed by atoms with van der Waals surface area (Å²) in [6.45, 7) is 0. The van der Waals surface area contributed by atoms with Crippen molar-refractivity contribution in [3.63, 3.8) is 0 Å². The van der Waals surface area contributed by atoms with Gasteiger partial charge in [-0.3, -0.25) is 14.9 Å². The minimum atomic E-state index is -0.239. The summed E-state index contributed by atoms with van der Waals surface area (Å²) in [6.07, 6.45) is 7.08. The molecule has 0 aromatic carbocycles. The van der Waals surface area contributed by atoms with Crippen LogP contribution >= 0.6 is 0 Å². The molecule has 1 amide bonds. The zero-order valence-corrected chi connectivity index (χ0v) is 8.07. The van der Waals surface area contributed by atoms with Gasteiger partial charge in [-0.2, -0.15) is 0 Å². The molecule has 3 N–H and O–H groups in total. The average Bonchev–Trinajstić information content (AvgIpc) is 2.53. The smallest absolute Gasteiger partial charge is 0.240 e. The largest absolute Gasteiger partial charge is 0.325 e. The van der Waals surface area contributed by atoms with Gasteiger partial charge in [-0.05, 0) is 31.4 Å².